The lowest BCUT2D eigenvalue weighted by molar-refractivity contribution is 0.252. The Morgan fingerprint density at radius 3 is 2.62 bits per heavy atom. The molecule has 1 aromatic heterocycles. The molecule has 0 aliphatic heterocycles. The minimum Gasteiger partial charge on any atom is -0.493 e. The van der Waals surface area contributed by atoms with Crippen LogP contribution in [-0.4, -0.2) is 22.6 Å². The van der Waals surface area contributed by atoms with Crippen molar-refractivity contribution >= 4 is 11.8 Å². The van der Waals surface area contributed by atoms with Crippen molar-refractivity contribution in [3.8, 4) is 11.5 Å². The highest BCUT2D eigenvalue weighted by Crippen LogP contribution is 2.19. The molecule has 0 amide bonds. The lowest BCUT2D eigenvalue weighted by atomic mass is 10.2. The van der Waals surface area contributed by atoms with Crippen LogP contribution in [0.2, 0.25) is 0 Å². The number of aromatic nitrogens is 2. The van der Waals surface area contributed by atoms with Gasteiger partial charge in [0.25, 0.3) is 11.1 Å². The predicted octanol–water partition coefficient (Wildman–Crippen LogP) is 4.69. The average Bonchev–Trinajstić information content (AvgIpc) is 3.12. The Labute approximate surface area is 157 Å². The van der Waals surface area contributed by atoms with Crippen LogP contribution in [0.1, 0.15) is 23.9 Å². The molecule has 0 atom stereocenters. The van der Waals surface area contributed by atoms with Crippen LogP contribution >= 0.6 is 11.8 Å². The maximum Gasteiger partial charge on any atom is 0.276 e. The molecule has 0 saturated carbocycles. The minimum atomic E-state index is 0.261. The second-order valence-corrected chi connectivity index (χ2v) is 6.81. The molecule has 5 nitrogen and oxygen atoms in total. The van der Waals surface area contributed by atoms with E-state index in [2.05, 4.69) is 29.3 Å². The van der Waals surface area contributed by atoms with Crippen LogP contribution in [0.15, 0.2) is 58.2 Å². The molecule has 136 valence electrons. The molecule has 0 aliphatic carbocycles. The van der Waals surface area contributed by atoms with E-state index in [1.807, 2.05) is 43.3 Å². The quantitative estimate of drug-likeness (QED) is 0.402. The van der Waals surface area contributed by atoms with Crippen LogP contribution in [0.25, 0.3) is 0 Å². The maximum absolute atomic E-state index is 5.76. The lowest BCUT2D eigenvalue weighted by Crippen LogP contribution is -2.00. The highest BCUT2D eigenvalue weighted by molar-refractivity contribution is 7.99. The summed E-state index contributed by atoms with van der Waals surface area (Å²) in [6.07, 6.45) is 1.00. The van der Waals surface area contributed by atoms with E-state index in [0.29, 0.717) is 17.7 Å². The lowest BCUT2D eigenvalue weighted by Gasteiger charge is -2.06. The molecule has 0 N–H and O–H groups in total. The van der Waals surface area contributed by atoms with E-state index in [0.717, 1.165) is 29.2 Å². The largest absolute Gasteiger partial charge is 0.493 e. The third-order valence-corrected chi connectivity index (χ3v) is 4.47. The minimum absolute atomic E-state index is 0.261. The summed E-state index contributed by atoms with van der Waals surface area (Å²) in [5, 5.41) is 8.57. The fourth-order valence-corrected chi connectivity index (χ4v) is 2.94. The standard InChI is InChI=1S/C20H22N2O3S/c1-3-16-7-5-9-18(13-16)23-10-11-26-20-22-21-19(25-20)14-24-17-8-4-6-15(2)12-17/h4-9,12-13H,3,10-11,14H2,1-2H3. The molecule has 0 spiro atoms. The molecule has 6 heteroatoms. The first kappa shape index (κ1) is 18.3. The summed E-state index contributed by atoms with van der Waals surface area (Å²) < 4.78 is 17.0. The van der Waals surface area contributed by atoms with Gasteiger partial charge in [-0.15, -0.1) is 10.2 Å². The van der Waals surface area contributed by atoms with Gasteiger partial charge in [-0.1, -0.05) is 43.0 Å². The van der Waals surface area contributed by atoms with Crippen molar-refractivity contribution in [2.45, 2.75) is 32.1 Å². The fraction of sp³-hybridized carbons (Fsp3) is 0.300. The zero-order chi connectivity index (χ0) is 18.2. The summed E-state index contributed by atoms with van der Waals surface area (Å²) >= 11 is 1.47. The van der Waals surface area contributed by atoms with E-state index in [1.165, 1.54) is 17.3 Å². The number of ether oxygens (including phenoxy) is 2. The van der Waals surface area contributed by atoms with Crippen molar-refractivity contribution in [2.75, 3.05) is 12.4 Å². The third-order valence-electron chi connectivity index (χ3n) is 3.68. The Kier molecular flexibility index (Phi) is 6.55. The Morgan fingerprint density at radius 1 is 1.00 bits per heavy atom. The maximum atomic E-state index is 5.76. The van der Waals surface area contributed by atoms with Crippen molar-refractivity contribution < 1.29 is 13.9 Å². The molecule has 3 rings (SSSR count). The monoisotopic (exact) mass is 370 g/mol. The molecule has 0 bridgehead atoms. The molecule has 2 aromatic carbocycles. The van der Waals surface area contributed by atoms with Gasteiger partial charge < -0.3 is 13.9 Å². The first-order valence-electron chi connectivity index (χ1n) is 8.59. The summed E-state index contributed by atoms with van der Waals surface area (Å²) in [5.74, 6) is 2.88. The molecule has 26 heavy (non-hydrogen) atoms. The Balaban J connectivity index is 1.40. The fourth-order valence-electron chi connectivity index (χ4n) is 2.35. The van der Waals surface area contributed by atoms with Gasteiger partial charge >= 0.3 is 0 Å². The number of aryl methyl sites for hydroxylation is 2. The van der Waals surface area contributed by atoms with Crippen molar-refractivity contribution in [2.24, 2.45) is 0 Å². The molecule has 1 heterocycles. The predicted molar refractivity (Wildman–Crippen MR) is 102 cm³/mol. The molecule has 0 fully saturated rings. The van der Waals surface area contributed by atoms with Gasteiger partial charge in [-0.05, 0) is 48.7 Å². The van der Waals surface area contributed by atoms with Crippen molar-refractivity contribution in [1.82, 2.24) is 10.2 Å². The second-order valence-electron chi connectivity index (χ2n) is 5.76. The van der Waals surface area contributed by atoms with Gasteiger partial charge in [-0.3, -0.25) is 0 Å². The van der Waals surface area contributed by atoms with Crippen molar-refractivity contribution in [3.63, 3.8) is 0 Å². The van der Waals surface area contributed by atoms with Crippen LogP contribution in [0.3, 0.4) is 0 Å². The molecule has 0 saturated heterocycles. The first-order chi connectivity index (χ1) is 12.7. The molecule has 0 unspecified atom stereocenters. The zero-order valence-electron chi connectivity index (χ0n) is 15.0. The topological polar surface area (TPSA) is 57.4 Å². The first-order valence-corrected chi connectivity index (χ1v) is 9.58. The highest BCUT2D eigenvalue weighted by atomic mass is 32.2. The summed E-state index contributed by atoms with van der Waals surface area (Å²) in [6.45, 7) is 4.99. The van der Waals surface area contributed by atoms with Crippen LogP contribution in [0, 0.1) is 6.92 Å². The van der Waals surface area contributed by atoms with Crippen LogP contribution in [-0.2, 0) is 13.0 Å². The van der Waals surface area contributed by atoms with E-state index in [9.17, 15) is 0 Å². The third kappa shape index (κ3) is 5.52. The van der Waals surface area contributed by atoms with E-state index in [4.69, 9.17) is 13.9 Å². The smallest absolute Gasteiger partial charge is 0.276 e. The molecule has 0 radical (unpaired) electrons. The summed E-state index contributed by atoms with van der Waals surface area (Å²) in [4.78, 5) is 0. The molecule has 0 aliphatic rings. The van der Waals surface area contributed by atoms with E-state index in [1.54, 1.807) is 0 Å². The number of nitrogens with zero attached hydrogens (tertiary/aromatic N) is 2. The van der Waals surface area contributed by atoms with Crippen LogP contribution in [0.5, 0.6) is 11.5 Å². The van der Waals surface area contributed by atoms with Gasteiger partial charge in [-0.2, -0.15) is 0 Å². The number of rotatable bonds is 9. The van der Waals surface area contributed by atoms with Crippen molar-refractivity contribution in [1.29, 1.82) is 0 Å². The Morgan fingerprint density at radius 2 is 1.81 bits per heavy atom. The van der Waals surface area contributed by atoms with Gasteiger partial charge in [0, 0.05) is 5.75 Å². The molecular weight excluding hydrogens is 348 g/mol. The number of hydrogen-bond donors (Lipinski definition) is 0. The summed E-state index contributed by atoms with van der Waals surface area (Å²) in [7, 11) is 0. The van der Waals surface area contributed by atoms with E-state index < -0.39 is 0 Å². The number of hydrogen-bond acceptors (Lipinski definition) is 6. The van der Waals surface area contributed by atoms with Gasteiger partial charge in [0.05, 0.1) is 6.61 Å². The van der Waals surface area contributed by atoms with Crippen LogP contribution < -0.4 is 9.47 Å². The Hall–Kier alpha value is -2.47. The average molecular weight is 370 g/mol. The van der Waals surface area contributed by atoms with E-state index in [-0.39, 0.29) is 6.61 Å². The van der Waals surface area contributed by atoms with E-state index >= 15 is 0 Å². The molecule has 3 aromatic rings. The van der Waals surface area contributed by atoms with Gasteiger partial charge in [0.2, 0.25) is 0 Å². The van der Waals surface area contributed by atoms with Crippen molar-refractivity contribution in [3.05, 3.63) is 65.5 Å². The highest BCUT2D eigenvalue weighted by Gasteiger charge is 2.08. The SMILES string of the molecule is CCc1cccc(OCCSc2nnc(COc3cccc(C)c3)o2)c1. The normalized spacial score (nSPS) is 10.7. The Bertz CT molecular complexity index is 835. The summed E-state index contributed by atoms with van der Waals surface area (Å²) in [5.41, 5.74) is 2.42. The second kappa shape index (κ2) is 9.29. The zero-order valence-corrected chi connectivity index (χ0v) is 15.8. The van der Waals surface area contributed by atoms with Gasteiger partial charge in [0.1, 0.15) is 11.5 Å². The van der Waals surface area contributed by atoms with Crippen LogP contribution in [0.4, 0.5) is 0 Å². The number of benzene rings is 2. The molecular formula is C20H22N2O3S. The van der Waals surface area contributed by atoms with Gasteiger partial charge in [0.15, 0.2) is 6.61 Å². The van der Waals surface area contributed by atoms with Gasteiger partial charge in [-0.25, -0.2) is 0 Å². The summed E-state index contributed by atoms with van der Waals surface area (Å²) in [6, 6.07) is 16.0. The number of thioether (sulfide) groups is 1.